The number of amides is 2. The highest BCUT2D eigenvalue weighted by Gasteiger charge is 2.19. The van der Waals surface area contributed by atoms with Gasteiger partial charge in [-0.15, -0.1) is 0 Å². The summed E-state index contributed by atoms with van der Waals surface area (Å²) in [7, 11) is 0. The molecule has 1 fully saturated rings. The average Bonchev–Trinajstić information content (AvgIpc) is 3.10. The lowest BCUT2D eigenvalue weighted by Crippen LogP contribution is -2.33. The van der Waals surface area contributed by atoms with Crippen molar-refractivity contribution in [3.8, 4) is 0 Å². The zero-order chi connectivity index (χ0) is 16.9. The van der Waals surface area contributed by atoms with Crippen molar-refractivity contribution in [2.75, 3.05) is 5.32 Å². The molecule has 3 rings (SSSR count). The molecule has 1 aromatic heterocycles. The maximum Gasteiger partial charge on any atom is 0.274 e. The van der Waals surface area contributed by atoms with Crippen molar-refractivity contribution < 1.29 is 14.0 Å². The van der Waals surface area contributed by atoms with E-state index in [0.717, 1.165) is 25.7 Å². The lowest BCUT2D eigenvalue weighted by atomic mass is 10.2. The predicted octanol–water partition coefficient (Wildman–Crippen LogP) is 3.15. The smallest absolute Gasteiger partial charge is 0.274 e. The van der Waals surface area contributed by atoms with Gasteiger partial charge in [0, 0.05) is 11.7 Å². The molecular formula is C18H18FN3O2. The van der Waals surface area contributed by atoms with Gasteiger partial charge in [-0.05, 0) is 49.2 Å². The summed E-state index contributed by atoms with van der Waals surface area (Å²) in [5.41, 5.74) is 0.816. The second-order valence-electron chi connectivity index (χ2n) is 5.82. The van der Waals surface area contributed by atoms with Gasteiger partial charge in [-0.1, -0.05) is 18.9 Å². The number of halogens is 1. The number of aromatic nitrogens is 1. The van der Waals surface area contributed by atoms with Crippen molar-refractivity contribution in [3.05, 3.63) is 59.7 Å². The van der Waals surface area contributed by atoms with Gasteiger partial charge >= 0.3 is 0 Å². The summed E-state index contributed by atoms with van der Waals surface area (Å²) in [5.74, 6) is -1.09. The molecule has 24 heavy (non-hydrogen) atoms. The molecule has 1 aromatic carbocycles. The third kappa shape index (κ3) is 3.95. The number of hydrogen-bond donors (Lipinski definition) is 2. The van der Waals surface area contributed by atoms with E-state index in [-0.39, 0.29) is 29.2 Å². The van der Waals surface area contributed by atoms with E-state index in [9.17, 15) is 14.0 Å². The molecule has 124 valence electrons. The van der Waals surface area contributed by atoms with Crippen molar-refractivity contribution >= 4 is 17.5 Å². The molecule has 5 nitrogen and oxygen atoms in total. The number of anilines is 1. The van der Waals surface area contributed by atoms with E-state index >= 15 is 0 Å². The molecule has 0 aliphatic heterocycles. The van der Waals surface area contributed by atoms with Crippen LogP contribution in [0.4, 0.5) is 10.1 Å². The highest BCUT2D eigenvalue weighted by molar-refractivity contribution is 6.03. The van der Waals surface area contributed by atoms with E-state index in [2.05, 4.69) is 15.6 Å². The van der Waals surface area contributed by atoms with Crippen LogP contribution in [-0.2, 0) is 0 Å². The Labute approximate surface area is 139 Å². The predicted molar refractivity (Wildman–Crippen MR) is 88.3 cm³/mol. The molecular weight excluding hydrogens is 309 g/mol. The fourth-order valence-electron chi connectivity index (χ4n) is 2.75. The standard InChI is InChI=1S/C18H18FN3O2/c19-12-8-10-14(11-9-12)21-18(24)16-7-3-6-15(22-16)17(23)20-13-4-1-2-5-13/h3,6-11,13H,1-2,4-5H2,(H,20,23)(H,21,24). The zero-order valence-corrected chi connectivity index (χ0v) is 13.1. The third-order valence-corrected chi connectivity index (χ3v) is 4.01. The SMILES string of the molecule is O=C(Nc1ccc(F)cc1)c1cccc(C(=O)NC2CCCC2)n1. The summed E-state index contributed by atoms with van der Waals surface area (Å²) in [6.07, 6.45) is 4.21. The second-order valence-corrected chi connectivity index (χ2v) is 5.82. The third-order valence-electron chi connectivity index (χ3n) is 4.01. The van der Waals surface area contributed by atoms with Crippen LogP contribution >= 0.6 is 0 Å². The molecule has 6 heteroatoms. The Morgan fingerprint density at radius 2 is 1.58 bits per heavy atom. The summed E-state index contributed by atoms with van der Waals surface area (Å²) >= 11 is 0. The zero-order valence-electron chi connectivity index (χ0n) is 13.1. The van der Waals surface area contributed by atoms with Crippen LogP contribution in [0.15, 0.2) is 42.5 Å². The van der Waals surface area contributed by atoms with Crippen molar-refractivity contribution in [2.24, 2.45) is 0 Å². The summed E-state index contributed by atoms with van der Waals surface area (Å²) < 4.78 is 12.9. The van der Waals surface area contributed by atoms with Crippen molar-refractivity contribution in [1.82, 2.24) is 10.3 Å². The first kappa shape index (κ1) is 16.1. The number of carbonyl (C=O) groups is 2. The number of pyridine rings is 1. The Morgan fingerprint density at radius 3 is 2.25 bits per heavy atom. The molecule has 0 saturated heterocycles. The van der Waals surface area contributed by atoms with E-state index in [4.69, 9.17) is 0 Å². The van der Waals surface area contributed by atoms with Gasteiger partial charge in [0.2, 0.25) is 0 Å². The van der Waals surface area contributed by atoms with E-state index in [1.54, 1.807) is 12.1 Å². The second kappa shape index (κ2) is 7.21. The molecule has 2 N–H and O–H groups in total. The van der Waals surface area contributed by atoms with Crippen LogP contribution in [0.1, 0.15) is 46.7 Å². The van der Waals surface area contributed by atoms with E-state index in [1.807, 2.05) is 0 Å². The molecule has 2 amide bonds. The number of nitrogens with one attached hydrogen (secondary N) is 2. The van der Waals surface area contributed by atoms with Crippen LogP contribution in [0.3, 0.4) is 0 Å². The van der Waals surface area contributed by atoms with Gasteiger partial charge < -0.3 is 10.6 Å². The number of carbonyl (C=O) groups excluding carboxylic acids is 2. The number of benzene rings is 1. The Balaban J connectivity index is 1.68. The monoisotopic (exact) mass is 327 g/mol. The van der Waals surface area contributed by atoms with Crippen LogP contribution in [0, 0.1) is 5.82 Å². The van der Waals surface area contributed by atoms with Crippen LogP contribution in [0.5, 0.6) is 0 Å². The summed E-state index contributed by atoms with van der Waals surface area (Å²) in [4.78, 5) is 28.6. The van der Waals surface area contributed by atoms with Gasteiger partial charge in [0.15, 0.2) is 0 Å². The Bertz CT molecular complexity index is 740. The van der Waals surface area contributed by atoms with E-state index < -0.39 is 5.91 Å². The minimum atomic E-state index is -0.447. The molecule has 0 spiro atoms. The lowest BCUT2D eigenvalue weighted by Gasteiger charge is -2.12. The summed E-state index contributed by atoms with van der Waals surface area (Å²) in [5, 5.41) is 5.57. The van der Waals surface area contributed by atoms with Gasteiger partial charge in [0.05, 0.1) is 0 Å². The van der Waals surface area contributed by atoms with Crippen LogP contribution in [0.2, 0.25) is 0 Å². The molecule has 1 heterocycles. The normalized spacial score (nSPS) is 14.4. The number of nitrogens with zero attached hydrogens (tertiary/aromatic N) is 1. The van der Waals surface area contributed by atoms with Crippen LogP contribution in [0.25, 0.3) is 0 Å². The number of rotatable bonds is 4. The van der Waals surface area contributed by atoms with Gasteiger partial charge in [0.1, 0.15) is 17.2 Å². The molecule has 1 aliphatic carbocycles. The molecule has 2 aromatic rings. The maximum atomic E-state index is 12.9. The van der Waals surface area contributed by atoms with Crippen molar-refractivity contribution in [3.63, 3.8) is 0 Å². The van der Waals surface area contributed by atoms with Gasteiger partial charge in [-0.3, -0.25) is 9.59 Å². The Morgan fingerprint density at radius 1 is 0.958 bits per heavy atom. The first-order valence-electron chi connectivity index (χ1n) is 7.96. The molecule has 1 saturated carbocycles. The highest BCUT2D eigenvalue weighted by atomic mass is 19.1. The maximum absolute atomic E-state index is 12.9. The Hall–Kier alpha value is -2.76. The van der Waals surface area contributed by atoms with Gasteiger partial charge in [-0.2, -0.15) is 0 Å². The number of hydrogen-bond acceptors (Lipinski definition) is 3. The fourth-order valence-corrected chi connectivity index (χ4v) is 2.75. The summed E-state index contributed by atoms with van der Waals surface area (Å²) in [6.45, 7) is 0. The first-order valence-corrected chi connectivity index (χ1v) is 7.96. The average molecular weight is 327 g/mol. The van der Waals surface area contributed by atoms with Crippen molar-refractivity contribution in [1.29, 1.82) is 0 Å². The van der Waals surface area contributed by atoms with Crippen LogP contribution < -0.4 is 10.6 Å². The van der Waals surface area contributed by atoms with Gasteiger partial charge in [0.25, 0.3) is 11.8 Å². The van der Waals surface area contributed by atoms with Gasteiger partial charge in [-0.25, -0.2) is 9.37 Å². The molecule has 1 aliphatic rings. The molecule has 0 unspecified atom stereocenters. The lowest BCUT2D eigenvalue weighted by molar-refractivity contribution is 0.0932. The molecule has 0 atom stereocenters. The minimum absolute atomic E-state index is 0.137. The molecule has 0 bridgehead atoms. The summed E-state index contributed by atoms with van der Waals surface area (Å²) in [6, 6.07) is 10.4. The fraction of sp³-hybridized carbons (Fsp3) is 0.278. The first-order chi connectivity index (χ1) is 11.6. The van der Waals surface area contributed by atoms with E-state index in [0.29, 0.717) is 5.69 Å². The Kier molecular flexibility index (Phi) is 4.84. The van der Waals surface area contributed by atoms with Crippen molar-refractivity contribution in [2.45, 2.75) is 31.7 Å². The van der Waals surface area contributed by atoms with Crippen LogP contribution in [-0.4, -0.2) is 22.8 Å². The molecule has 0 radical (unpaired) electrons. The topological polar surface area (TPSA) is 71.1 Å². The largest absolute Gasteiger partial charge is 0.348 e. The van der Waals surface area contributed by atoms with E-state index in [1.165, 1.54) is 30.3 Å². The quantitative estimate of drug-likeness (QED) is 0.906. The highest BCUT2D eigenvalue weighted by Crippen LogP contribution is 2.18. The minimum Gasteiger partial charge on any atom is -0.348 e.